The van der Waals surface area contributed by atoms with E-state index in [9.17, 15) is 4.79 Å². The van der Waals surface area contributed by atoms with Crippen molar-refractivity contribution < 1.29 is 9.53 Å². The fraction of sp³-hybridized carbons (Fsp3) is 0.143. The summed E-state index contributed by atoms with van der Waals surface area (Å²) in [7, 11) is 1.49. The van der Waals surface area contributed by atoms with Crippen molar-refractivity contribution in [1.82, 2.24) is 25.5 Å². The number of pyridine rings is 1. The molecule has 3 heterocycles. The van der Waals surface area contributed by atoms with Crippen LogP contribution in [0.4, 0.5) is 10.5 Å². The summed E-state index contributed by atoms with van der Waals surface area (Å²) in [6, 6.07) is 6.90. The van der Waals surface area contributed by atoms with E-state index in [1.165, 1.54) is 7.11 Å². The zero-order valence-corrected chi connectivity index (χ0v) is 13.1. The van der Waals surface area contributed by atoms with Crippen LogP contribution in [0.25, 0.3) is 10.7 Å². The van der Waals surface area contributed by atoms with Crippen molar-refractivity contribution in [2.24, 2.45) is 0 Å². The van der Waals surface area contributed by atoms with E-state index in [2.05, 4.69) is 30.8 Å². The Morgan fingerprint density at radius 3 is 3.09 bits per heavy atom. The van der Waals surface area contributed by atoms with E-state index < -0.39 is 0 Å². The minimum Gasteiger partial charge on any atom is -0.480 e. The minimum atomic E-state index is -0.384. The summed E-state index contributed by atoms with van der Waals surface area (Å²) in [6.07, 6.45) is 1.59. The lowest BCUT2D eigenvalue weighted by Crippen LogP contribution is -2.28. The van der Waals surface area contributed by atoms with Gasteiger partial charge in [-0.1, -0.05) is 6.07 Å². The van der Waals surface area contributed by atoms with Gasteiger partial charge in [-0.15, -0.1) is 11.3 Å². The van der Waals surface area contributed by atoms with E-state index >= 15 is 0 Å². The average molecular weight is 330 g/mol. The molecule has 0 fully saturated rings. The molecule has 8 nitrogen and oxygen atoms in total. The molecule has 3 N–H and O–H groups in total. The number of hydrogen-bond donors (Lipinski definition) is 3. The fourth-order valence-corrected chi connectivity index (χ4v) is 2.53. The lowest BCUT2D eigenvalue weighted by Gasteiger charge is -2.09. The van der Waals surface area contributed by atoms with Gasteiger partial charge in [0.1, 0.15) is 11.5 Å². The average Bonchev–Trinajstić information content (AvgIpc) is 3.24. The number of aromatic amines is 1. The summed E-state index contributed by atoms with van der Waals surface area (Å²) in [4.78, 5) is 21.2. The molecule has 0 saturated carbocycles. The van der Waals surface area contributed by atoms with Crippen LogP contribution in [0, 0.1) is 0 Å². The van der Waals surface area contributed by atoms with Gasteiger partial charge >= 0.3 is 6.03 Å². The van der Waals surface area contributed by atoms with Gasteiger partial charge in [-0.2, -0.15) is 5.10 Å². The number of carbonyl (C=O) groups is 1. The van der Waals surface area contributed by atoms with Gasteiger partial charge in [-0.05, 0) is 23.6 Å². The highest BCUT2D eigenvalue weighted by Gasteiger charge is 2.10. The highest BCUT2D eigenvalue weighted by molar-refractivity contribution is 7.13. The third kappa shape index (κ3) is 3.64. The van der Waals surface area contributed by atoms with Gasteiger partial charge in [0.2, 0.25) is 5.88 Å². The molecule has 2 amide bonds. The van der Waals surface area contributed by atoms with Crippen molar-refractivity contribution >= 4 is 23.1 Å². The molecule has 0 atom stereocenters. The third-order valence-electron chi connectivity index (χ3n) is 2.90. The quantitative estimate of drug-likeness (QED) is 0.665. The maximum absolute atomic E-state index is 11.9. The summed E-state index contributed by atoms with van der Waals surface area (Å²) >= 11 is 1.55. The second kappa shape index (κ2) is 6.88. The number of ether oxygens (including phenoxy) is 1. The van der Waals surface area contributed by atoms with Crippen LogP contribution in [0.1, 0.15) is 5.82 Å². The van der Waals surface area contributed by atoms with Gasteiger partial charge in [-0.3, -0.25) is 5.10 Å². The van der Waals surface area contributed by atoms with Crippen molar-refractivity contribution in [3.8, 4) is 16.6 Å². The molecule has 0 saturated heterocycles. The van der Waals surface area contributed by atoms with Crippen LogP contribution in [-0.4, -0.2) is 33.3 Å². The molecule has 0 unspecified atom stereocenters. The van der Waals surface area contributed by atoms with Crippen LogP contribution in [0.3, 0.4) is 0 Å². The zero-order valence-electron chi connectivity index (χ0n) is 12.2. The second-order valence-electron chi connectivity index (χ2n) is 4.45. The zero-order chi connectivity index (χ0) is 16.1. The number of nitrogens with zero attached hydrogens (tertiary/aromatic N) is 3. The van der Waals surface area contributed by atoms with E-state index in [1.54, 1.807) is 29.7 Å². The third-order valence-corrected chi connectivity index (χ3v) is 3.77. The van der Waals surface area contributed by atoms with E-state index in [1.807, 2.05) is 17.5 Å². The maximum Gasteiger partial charge on any atom is 0.319 e. The topological polar surface area (TPSA) is 105 Å². The lowest BCUT2D eigenvalue weighted by atomic mass is 10.4. The van der Waals surface area contributed by atoms with E-state index in [4.69, 9.17) is 4.74 Å². The number of nitrogens with one attached hydrogen (secondary N) is 3. The largest absolute Gasteiger partial charge is 0.480 e. The summed E-state index contributed by atoms with van der Waals surface area (Å²) in [5.41, 5.74) is 0.490. The molecule has 0 radical (unpaired) electrons. The Morgan fingerprint density at radius 1 is 1.39 bits per heavy atom. The Bertz CT molecular complexity index is 786. The molecule has 118 valence electrons. The summed E-state index contributed by atoms with van der Waals surface area (Å²) in [5.74, 6) is 1.54. The van der Waals surface area contributed by atoms with Crippen molar-refractivity contribution in [3.05, 3.63) is 41.7 Å². The van der Waals surface area contributed by atoms with Crippen LogP contribution in [0.5, 0.6) is 5.88 Å². The molecular weight excluding hydrogens is 316 g/mol. The molecule has 0 spiro atoms. The number of urea groups is 1. The van der Waals surface area contributed by atoms with Gasteiger partial charge < -0.3 is 15.4 Å². The summed E-state index contributed by atoms with van der Waals surface area (Å²) in [5, 5.41) is 14.2. The molecule has 23 heavy (non-hydrogen) atoms. The number of amides is 2. The van der Waals surface area contributed by atoms with Crippen LogP contribution in [0.15, 0.2) is 35.8 Å². The lowest BCUT2D eigenvalue weighted by molar-refractivity contribution is 0.251. The summed E-state index contributed by atoms with van der Waals surface area (Å²) in [6.45, 7) is 0.229. The number of hydrogen-bond acceptors (Lipinski definition) is 6. The first kappa shape index (κ1) is 15.0. The number of thiophene rings is 1. The van der Waals surface area contributed by atoms with Crippen molar-refractivity contribution in [2.75, 3.05) is 12.4 Å². The number of carbonyl (C=O) groups excluding carboxylic acids is 1. The molecule has 3 aromatic rings. The van der Waals surface area contributed by atoms with Crippen molar-refractivity contribution in [3.63, 3.8) is 0 Å². The summed E-state index contributed by atoms with van der Waals surface area (Å²) < 4.78 is 5.07. The van der Waals surface area contributed by atoms with Crippen LogP contribution >= 0.6 is 11.3 Å². The molecular formula is C14H14N6O2S. The molecule has 0 aliphatic carbocycles. The van der Waals surface area contributed by atoms with Crippen LogP contribution < -0.4 is 15.4 Å². The monoisotopic (exact) mass is 330 g/mol. The normalized spacial score (nSPS) is 10.3. The standard InChI is InChI=1S/C14H14N6O2S/c1-22-13-9(4-2-6-15-13)17-14(21)16-8-11-18-12(20-19-11)10-5-3-7-23-10/h2-7H,8H2,1H3,(H2,16,17,21)(H,18,19,20). The van der Waals surface area contributed by atoms with E-state index in [-0.39, 0.29) is 12.6 Å². The maximum atomic E-state index is 11.9. The predicted molar refractivity (Wildman–Crippen MR) is 86.3 cm³/mol. The predicted octanol–water partition coefficient (Wildman–Crippen LogP) is 2.26. The molecule has 0 aliphatic rings. The minimum absolute atomic E-state index is 0.229. The van der Waals surface area contributed by atoms with E-state index in [0.29, 0.717) is 23.2 Å². The van der Waals surface area contributed by atoms with Gasteiger partial charge in [-0.25, -0.2) is 14.8 Å². The van der Waals surface area contributed by atoms with Crippen LogP contribution in [-0.2, 0) is 6.54 Å². The van der Waals surface area contributed by atoms with Crippen molar-refractivity contribution in [1.29, 1.82) is 0 Å². The van der Waals surface area contributed by atoms with Gasteiger partial charge in [0.25, 0.3) is 0 Å². The molecule has 0 aromatic carbocycles. The molecule has 9 heteroatoms. The smallest absolute Gasteiger partial charge is 0.319 e. The fourth-order valence-electron chi connectivity index (χ4n) is 1.87. The Labute approximate surface area is 135 Å². The Hall–Kier alpha value is -2.94. The highest BCUT2D eigenvalue weighted by atomic mass is 32.1. The van der Waals surface area contributed by atoms with Crippen molar-refractivity contribution in [2.45, 2.75) is 6.54 Å². The number of anilines is 1. The highest BCUT2D eigenvalue weighted by Crippen LogP contribution is 2.21. The molecule has 0 bridgehead atoms. The molecule has 0 aliphatic heterocycles. The Morgan fingerprint density at radius 2 is 2.30 bits per heavy atom. The SMILES string of the molecule is COc1ncccc1NC(=O)NCc1nc(-c2cccs2)n[nH]1. The van der Waals surface area contributed by atoms with Gasteiger partial charge in [0.05, 0.1) is 18.5 Å². The number of aromatic nitrogens is 4. The van der Waals surface area contributed by atoms with E-state index in [0.717, 1.165) is 4.88 Å². The first-order valence-electron chi connectivity index (χ1n) is 6.75. The Balaban J connectivity index is 1.57. The number of H-pyrrole nitrogens is 1. The first-order chi connectivity index (χ1) is 11.3. The number of methoxy groups -OCH3 is 1. The molecule has 3 aromatic heterocycles. The van der Waals surface area contributed by atoms with Gasteiger partial charge in [0.15, 0.2) is 5.82 Å². The molecule has 3 rings (SSSR count). The second-order valence-corrected chi connectivity index (χ2v) is 5.40. The Kier molecular flexibility index (Phi) is 4.48. The van der Waals surface area contributed by atoms with Crippen LogP contribution in [0.2, 0.25) is 0 Å². The van der Waals surface area contributed by atoms with Gasteiger partial charge in [0, 0.05) is 6.20 Å². The first-order valence-corrected chi connectivity index (χ1v) is 7.63. The number of rotatable bonds is 5.